The van der Waals surface area contributed by atoms with Crippen LogP contribution in [-0.4, -0.2) is 31.2 Å². The molecule has 1 aliphatic rings. The summed E-state index contributed by atoms with van der Waals surface area (Å²) in [6, 6.07) is 17.4. The molecule has 0 fully saturated rings. The number of allylic oxidation sites excluding steroid dienone is 10. The average Bonchev–Trinajstić information content (AvgIpc) is 3.18. The molecule has 3 nitrogen and oxygen atoms in total. The highest BCUT2D eigenvalue weighted by Gasteiger charge is 2.21. The predicted octanol–water partition coefficient (Wildman–Crippen LogP) is 10.4. The van der Waals surface area contributed by atoms with Gasteiger partial charge in [-0.2, -0.15) is 0 Å². The van der Waals surface area contributed by atoms with Crippen LogP contribution in [0.2, 0.25) is 0 Å². The smallest absolute Gasteiger partial charge is 0.307 e. The first-order chi connectivity index (χ1) is 21.2. The van der Waals surface area contributed by atoms with Crippen LogP contribution in [0.15, 0.2) is 109 Å². The summed E-state index contributed by atoms with van der Waals surface area (Å²) >= 11 is 0. The molecule has 228 valence electrons. The molecule has 0 spiro atoms. The first-order valence-electron chi connectivity index (χ1n) is 16.1. The maximum atomic E-state index is 12.2. The highest BCUT2D eigenvalue weighted by molar-refractivity contribution is 5.76. The van der Waals surface area contributed by atoms with Crippen molar-refractivity contribution in [2.24, 2.45) is 0 Å². The molecule has 0 saturated carbocycles. The number of unbranched alkanes of at least 4 members (excludes halogenated alkanes) is 1. The minimum atomic E-state index is -0.114. The topological polar surface area (TPSA) is 29.5 Å². The zero-order valence-corrected chi connectivity index (χ0v) is 26.4. The van der Waals surface area contributed by atoms with Crippen molar-refractivity contribution in [3.05, 3.63) is 132 Å². The van der Waals surface area contributed by atoms with E-state index in [9.17, 15) is 4.79 Å². The van der Waals surface area contributed by atoms with E-state index in [1.54, 1.807) is 0 Å². The quantitative estimate of drug-likeness (QED) is 0.0720. The Morgan fingerprint density at radius 2 is 1.23 bits per heavy atom. The van der Waals surface area contributed by atoms with Crippen molar-refractivity contribution in [1.82, 2.24) is 4.90 Å². The van der Waals surface area contributed by atoms with Gasteiger partial charge in [0.25, 0.3) is 0 Å². The highest BCUT2D eigenvalue weighted by atomic mass is 16.5. The number of benzene rings is 2. The Labute approximate surface area is 261 Å². The molecule has 1 aliphatic carbocycles. The van der Waals surface area contributed by atoms with Gasteiger partial charge in [0.2, 0.25) is 0 Å². The van der Waals surface area contributed by atoms with Crippen molar-refractivity contribution in [3.63, 3.8) is 0 Å². The monoisotopic (exact) mass is 577 g/mol. The van der Waals surface area contributed by atoms with Gasteiger partial charge in [0.1, 0.15) is 6.73 Å². The van der Waals surface area contributed by atoms with Crippen molar-refractivity contribution in [3.8, 4) is 0 Å². The minimum absolute atomic E-state index is 0.114. The number of rotatable bonds is 19. The van der Waals surface area contributed by atoms with E-state index in [4.69, 9.17) is 4.74 Å². The third kappa shape index (κ3) is 13.4. The lowest BCUT2D eigenvalue weighted by atomic mass is 9.84. The van der Waals surface area contributed by atoms with E-state index >= 15 is 0 Å². The zero-order valence-electron chi connectivity index (χ0n) is 26.4. The molecule has 3 rings (SSSR count). The molecule has 0 N–H and O–H groups in total. The lowest BCUT2D eigenvalue weighted by Gasteiger charge is -2.22. The van der Waals surface area contributed by atoms with Gasteiger partial charge in [0.15, 0.2) is 0 Å². The molecule has 0 unspecified atom stereocenters. The Hall–Kier alpha value is -3.69. The molecule has 0 radical (unpaired) electrons. The molecule has 3 heteroatoms. The van der Waals surface area contributed by atoms with E-state index < -0.39 is 0 Å². The van der Waals surface area contributed by atoms with Gasteiger partial charge in [-0.25, -0.2) is 0 Å². The Bertz CT molecular complexity index is 1210. The van der Waals surface area contributed by atoms with Gasteiger partial charge < -0.3 is 4.74 Å². The standard InChI is InChI=1S/C40H51NO2/c1-3-4-5-6-7-8-9-10-11-12-13-14-15-16-17-18-19-30-40(42)43-34-41(2)33-24-29-39-37-27-22-20-25-35(37)31-32-36-26-21-23-28-38(36)39/h4-5,7-8,10-11,13-14,16-17,20-23,25-28,31-32,39H,3,6,9,12,15,18-19,24,29-30,33-34H2,1-2H3/b5-4-,8-7-,11-10-,14-13-,17-16-. The number of hydrogen-bond donors (Lipinski definition) is 0. The number of hydrogen-bond acceptors (Lipinski definition) is 3. The van der Waals surface area contributed by atoms with Crippen LogP contribution >= 0.6 is 0 Å². The summed E-state index contributed by atoms with van der Waals surface area (Å²) in [6.45, 7) is 3.39. The van der Waals surface area contributed by atoms with Crippen LogP contribution in [0.25, 0.3) is 12.2 Å². The van der Waals surface area contributed by atoms with Crippen molar-refractivity contribution in [1.29, 1.82) is 0 Å². The molecule has 0 aliphatic heterocycles. The van der Waals surface area contributed by atoms with Gasteiger partial charge in [-0.05, 0) is 87.1 Å². The van der Waals surface area contributed by atoms with Crippen LogP contribution < -0.4 is 0 Å². The molecule has 0 atom stereocenters. The molecule has 43 heavy (non-hydrogen) atoms. The molecular formula is C40H51NO2. The van der Waals surface area contributed by atoms with Crippen LogP contribution in [0.1, 0.15) is 99.3 Å². The number of ether oxygens (including phenoxy) is 1. The SMILES string of the molecule is CC/C=C\C/C=C\C/C=C\C/C=C\C/C=C\CCCC(=O)OCN(C)CCCC1c2ccccc2C=Cc2ccccc21. The third-order valence-electron chi connectivity index (χ3n) is 7.57. The number of carbonyl (C=O) groups excluding carboxylic acids is 1. The van der Waals surface area contributed by atoms with E-state index in [-0.39, 0.29) is 5.97 Å². The lowest BCUT2D eigenvalue weighted by molar-refractivity contribution is -0.148. The van der Waals surface area contributed by atoms with Gasteiger partial charge in [-0.1, -0.05) is 128 Å². The first kappa shape index (κ1) is 33.8. The van der Waals surface area contributed by atoms with E-state index in [0.29, 0.717) is 19.1 Å². The molecule has 0 heterocycles. The van der Waals surface area contributed by atoms with E-state index in [1.807, 2.05) is 7.05 Å². The number of fused-ring (bicyclic) bond motifs is 2. The summed E-state index contributed by atoms with van der Waals surface area (Å²) in [7, 11) is 2.03. The van der Waals surface area contributed by atoms with Gasteiger partial charge in [-0.15, -0.1) is 0 Å². The second kappa shape index (κ2) is 21.1. The van der Waals surface area contributed by atoms with E-state index in [0.717, 1.165) is 64.3 Å². The normalized spacial score (nSPS) is 13.7. The first-order valence-corrected chi connectivity index (χ1v) is 16.1. The summed E-state index contributed by atoms with van der Waals surface area (Å²) < 4.78 is 5.54. The molecule has 0 aromatic heterocycles. The Morgan fingerprint density at radius 1 is 0.721 bits per heavy atom. The Kier molecular flexibility index (Phi) is 16.6. The van der Waals surface area contributed by atoms with Crippen LogP contribution in [-0.2, 0) is 9.53 Å². The molecule has 0 saturated heterocycles. The summed E-state index contributed by atoms with van der Waals surface area (Å²) in [5.74, 6) is 0.256. The van der Waals surface area contributed by atoms with Crippen molar-refractivity contribution in [2.45, 2.75) is 77.0 Å². The van der Waals surface area contributed by atoms with Crippen LogP contribution in [0.5, 0.6) is 0 Å². The lowest BCUT2D eigenvalue weighted by Crippen LogP contribution is -2.25. The van der Waals surface area contributed by atoms with Crippen molar-refractivity contribution < 1.29 is 9.53 Å². The van der Waals surface area contributed by atoms with Crippen LogP contribution in [0.3, 0.4) is 0 Å². The van der Waals surface area contributed by atoms with Gasteiger partial charge in [0, 0.05) is 18.9 Å². The maximum absolute atomic E-state index is 12.2. The number of carbonyl (C=O) groups is 1. The molecule has 2 aromatic rings. The molecule has 2 aromatic carbocycles. The fourth-order valence-corrected chi connectivity index (χ4v) is 5.24. The molecular weight excluding hydrogens is 526 g/mol. The van der Waals surface area contributed by atoms with Crippen molar-refractivity contribution in [2.75, 3.05) is 20.3 Å². The second-order valence-electron chi connectivity index (χ2n) is 11.1. The van der Waals surface area contributed by atoms with Gasteiger partial charge in [-0.3, -0.25) is 9.69 Å². The molecule has 0 amide bonds. The van der Waals surface area contributed by atoms with Gasteiger partial charge in [0.05, 0.1) is 0 Å². The maximum Gasteiger partial charge on any atom is 0.307 e. The highest BCUT2D eigenvalue weighted by Crippen LogP contribution is 2.37. The average molecular weight is 578 g/mol. The second-order valence-corrected chi connectivity index (χ2v) is 11.1. The van der Waals surface area contributed by atoms with E-state index in [1.165, 1.54) is 22.3 Å². The van der Waals surface area contributed by atoms with Gasteiger partial charge >= 0.3 is 5.97 Å². The van der Waals surface area contributed by atoms with Crippen LogP contribution in [0, 0.1) is 0 Å². The fourth-order valence-electron chi connectivity index (χ4n) is 5.24. The van der Waals surface area contributed by atoms with Crippen LogP contribution in [0.4, 0.5) is 0 Å². The summed E-state index contributed by atoms with van der Waals surface area (Å²) in [5, 5.41) is 0. The third-order valence-corrected chi connectivity index (χ3v) is 7.57. The number of esters is 1. The predicted molar refractivity (Wildman–Crippen MR) is 185 cm³/mol. The number of nitrogens with zero attached hydrogens (tertiary/aromatic N) is 1. The minimum Gasteiger partial charge on any atom is -0.449 e. The molecule has 0 bridgehead atoms. The fraction of sp³-hybridized carbons (Fsp3) is 0.375. The zero-order chi connectivity index (χ0) is 30.4. The van der Waals surface area contributed by atoms with Crippen molar-refractivity contribution >= 4 is 18.1 Å². The summed E-state index contributed by atoms with van der Waals surface area (Å²) in [6.07, 6.45) is 35.8. The Morgan fingerprint density at radius 3 is 1.79 bits per heavy atom. The largest absolute Gasteiger partial charge is 0.449 e. The summed E-state index contributed by atoms with van der Waals surface area (Å²) in [5.41, 5.74) is 5.39. The van der Waals surface area contributed by atoms with E-state index in [2.05, 4.69) is 133 Å². The Balaban J connectivity index is 1.23. The summed E-state index contributed by atoms with van der Waals surface area (Å²) in [4.78, 5) is 14.3.